The van der Waals surface area contributed by atoms with Crippen LogP contribution in [0.15, 0.2) is 276 Å². The number of hydrogen-bond acceptors (Lipinski definition) is 25. The lowest BCUT2D eigenvalue weighted by molar-refractivity contribution is -0.138. The summed E-state index contributed by atoms with van der Waals surface area (Å²) in [6.45, 7) is 26.1. The second-order valence-corrected chi connectivity index (χ2v) is 32.7. The number of nitrogens with zero attached hydrogens (tertiary/aromatic N) is 1. The fourth-order valence-electron chi connectivity index (χ4n) is 14.2. The van der Waals surface area contributed by atoms with Crippen LogP contribution in [0.4, 0.5) is 0 Å². The van der Waals surface area contributed by atoms with Gasteiger partial charge < -0.3 is 75.8 Å². The number of ether oxygens (including phenoxy) is 16. The summed E-state index contributed by atoms with van der Waals surface area (Å²) < 4.78 is 86.6. The van der Waals surface area contributed by atoms with Crippen LogP contribution in [0.2, 0.25) is 0 Å². The van der Waals surface area contributed by atoms with Crippen molar-refractivity contribution in [2.24, 2.45) is 5.92 Å². The molecule has 0 aliphatic heterocycles. The third-order valence-electron chi connectivity index (χ3n) is 22.1. The molecule has 9 aromatic carbocycles. The van der Waals surface area contributed by atoms with Gasteiger partial charge in [-0.3, -0.25) is 0 Å². The van der Waals surface area contributed by atoms with Crippen LogP contribution in [0.3, 0.4) is 0 Å². The highest BCUT2D eigenvalue weighted by Gasteiger charge is 2.23. The molecule has 0 bridgehead atoms. The standard InChI is InChI=1S/C39H46O10.C31H40O5.C23H23NO5.C22H26O4/c1-4-37(40)45-26-12-8-6-10-24-43-32-16-14-31(15-17-32)39(42)49-35-22-23-36(30(3)28-35)48-29-47-34-20-18-33(19-21-34)44-25-11-7-9-13-27-46-38(41)5-2;1-3-9-24-10-12-25(13-11-24)26-14-20-29(21-15-26)36-31(33)27-16-18-28(19-17-27)34-22-7-5-6-8-23-35-30(32)4-2;1-2-22(25)28-16-6-4-3-5-15-27-20-13-9-19(10-14-20)23(26)29-21-11-7-18(17-24)8-12-21;1-3-22(23)26-17-7-5-4-6-16-25-21-14-10-19(11-15-21)18-8-12-20(24-2)13-9-18/h4-5,14-23,28H,1-2,6-13,24-27,29H2,3H3;4,14-21,24-25H,2-3,5-13,22-23H2,1H3;2,7-14H,1,3-6,15-16H2;3,8-15H,1,4-7,16-17H2,2H3. The maximum absolute atomic E-state index is 12.7. The van der Waals surface area contributed by atoms with Crippen molar-refractivity contribution >= 4 is 47.8 Å². The van der Waals surface area contributed by atoms with Gasteiger partial charge in [-0.1, -0.05) is 89.1 Å². The molecule has 1 fully saturated rings. The first kappa shape index (κ1) is 112. The maximum Gasteiger partial charge on any atom is 0.343 e. The molecule has 140 heavy (non-hydrogen) atoms. The van der Waals surface area contributed by atoms with Gasteiger partial charge in [0.05, 0.1) is 102 Å². The lowest BCUT2D eigenvalue weighted by atomic mass is 9.77. The number of carbonyl (C=O) groups excluding carboxylic acids is 8. The maximum atomic E-state index is 12.7. The molecule has 9 aromatic rings. The van der Waals surface area contributed by atoms with Gasteiger partial charge in [0.15, 0.2) is 0 Å². The monoisotopic (exact) mass is 1910 g/mol. The molecule has 1 saturated carbocycles. The Kier molecular flexibility index (Phi) is 54.8. The number of carbonyl (C=O) groups is 8. The number of methoxy groups -OCH3 is 1. The third kappa shape index (κ3) is 46.9. The van der Waals surface area contributed by atoms with Gasteiger partial charge in [-0.25, -0.2) is 38.4 Å². The number of esters is 8. The average Bonchev–Trinajstić information content (AvgIpc) is 0.838. The zero-order valence-corrected chi connectivity index (χ0v) is 81.2. The minimum atomic E-state index is -0.476. The molecule has 1 aliphatic carbocycles. The lowest BCUT2D eigenvalue weighted by Gasteiger charge is -2.28. The molecule has 1 aliphatic rings. The van der Waals surface area contributed by atoms with E-state index in [0.717, 1.165) is 186 Å². The number of benzene rings is 9. The van der Waals surface area contributed by atoms with Crippen molar-refractivity contribution in [1.29, 1.82) is 5.26 Å². The molecule has 0 heterocycles. The van der Waals surface area contributed by atoms with E-state index in [4.69, 9.17) is 81.1 Å². The number of unbranched alkanes of at least 4 members (excludes halogenated alkanes) is 15. The number of nitriles is 1. The van der Waals surface area contributed by atoms with Crippen LogP contribution in [-0.4, -0.2) is 128 Å². The van der Waals surface area contributed by atoms with Crippen LogP contribution in [0.5, 0.6) is 63.2 Å². The Hall–Kier alpha value is -14.7. The van der Waals surface area contributed by atoms with E-state index in [0.29, 0.717) is 134 Å². The quantitative estimate of drug-likeness (QED) is 0.00854. The van der Waals surface area contributed by atoms with Gasteiger partial charge in [0.1, 0.15) is 63.2 Å². The van der Waals surface area contributed by atoms with Crippen LogP contribution >= 0.6 is 0 Å². The van der Waals surface area contributed by atoms with E-state index in [9.17, 15) is 38.4 Å². The summed E-state index contributed by atoms with van der Waals surface area (Å²) in [5, 5.41) is 8.78. The first-order chi connectivity index (χ1) is 68.3. The summed E-state index contributed by atoms with van der Waals surface area (Å²) in [7, 11) is 1.67. The summed E-state index contributed by atoms with van der Waals surface area (Å²) in [4.78, 5) is 92.2. The fourth-order valence-corrected chi connectivity index (χ4v) is 14.2. The van der Waals surface area contributed by atoms with E-state index in [1.165, 1.54) is 62.3 Å². The Balaban J connectivity index is 0.000000262. The van der Waals surface area contributed by atoms with Crippen LogP contribution in [0, 0.1) is 24.2 Å². The lowest BCUT2D eigenvalue weighted by Crippen LogP contribution is -2.13. The van der Waals surface area contributed by atoms with E-state index in [1.54, 1.807) is 122 Å². The van der Waals surface area contributed by atoms with Gasteiger partial charge >= 0.3 is 47.8 Å². The second kappa shape index (κ2) is 68.4. The predicted molar refractivity (Wildman–Crippen MR) is 539 cm³/mol. The van der Waals surface area contributed by atoms with Gasteiger partial charge in [0.25, 0.3) is 0 Å². The largest absolute Gasteiger partial charge is 0.497 e. The van der Waals surface area contributed by atoms with Gasteiger partial charge in [0, 0.05) is 30.4 Å². The third-order valence-corrected chi connectivity index (χ3v) is 22.1. The average molecular weight is 1920 g/mol. The Morgan fingerprint density at radius 2 is 0.586 bits per heavy atom. The zero-order chi connectivity index (χ0) is 100. The molecule has 0 spiro atoms. The molecule has 744 valence electrons. The molecule has 0 atom stereocenters. The van der Waals surface area contributed by atoms with Gasteiger partial charge in [-0.15, -0.1) is 0 Å². The van der Waals surface area contributed by atoms with Crippen LogP contribution in [0.25, 0.3) is 11.1 Å². The summed E-state index contributed by atoms with van der Waals surface area (Å²) in [6.07, 6.45) is 32.2. The smallest absolute Gasteiger partial charge is 0.343 e. The van der Waals surface area contributed by atoms with Crippen molar-refractivity contribution in [3.63, 3.8) is 0 Å². The highest BCUT2D eigenvalue weighted by atomic mass is 16.7. The van der Waals surface area contributed by atoms with E-state index in [2.05, 4.69) is 64.1 Å². The summed E-state index contributed by atoms with van der Waals surface area (Å²) in [5.41, 5.74) is 6.25. The fraction of sp³-hybridized carbons (Fsp3) is 0.365. The number of aryl methyl sites for hydroxylation is 1. The highest BCUT2D eigenvalue weighted by molar-refractivity contribution is 5.93. The molecule has 25 heteroatoms. The first-order valence-corrected chi connectivity index (χ1v) is 48.2. The van der Waals surface area contributed by atoms with Gasteiger partial charge in [0.2, 0.25) is 6.79 Å². The SMILES string of the molecule is C=CC(=O)OCCCCCCOc1ccc(-c2ccc(OC)cc2)cc1.C=CC(=O)OCCCCCCOc1ccc(C(=O)Oc2ccc(C#N)cc2)cc1.C=CC(=O)OCCCCCCOc1ccc(C(=O)Oc2ccc(C3CCC(CCC)CC3)cc2)cc1.C=CC(=O)OCCCCCCOc1ccc(OCOc2ccc(OC(=O)c3ccc(OCCCCCCOC(=O)C=C)cc3)cc2C)cc1. The van der Waals surface area contributed by atoms with E-state index < -0.39 is 23.9 Å². The second-order valence-electron chi connectivity index (χ2n) is 32.7. The van der Waals surface area contributed by atoms with Crippen LogP contribution < -0.4 is 52.1 Å². The van der Waals surface area contributed by atoms with Crippen LogP contribution in [-0.2, 0) is 47.7 Å². The van der Waals surface area contributed by atoms with Crippen LogP contribution in [0.1, 0.15) is 228 Å². The molecule has 0 amide bonds. The predicted octanol–water partition coefficient (Wildman–Crippen LogP) is 25.1. The molecule has 0 N–H and O–H groups in total. The normalized spacial score (nSPS) is 12.0. The topological polar surface area (TPSA) is 308 Å². The molecular formula is C115H135NO24. The summed E-state index contributed by atoms with van der Waals surface area (Å²) in [6, 6.07) is 65.6. The van der Waals surface area contributed by atoms with E-state index in [-0.39, 0.29) is 30.7 Å². The van der Waals surface area contributed by atoms with Crippen molar-refractivity contribution in [2.75, 3.05) is 80.0 Å². The minimum Gasteiger partial charge on any atom is -0.497 e. The molecule has 0 saturated heterocycles. The minimum absolute atomic E-state index is 0.00390. The zero-order valence-electron chi connectivity index (χ0n) is 81.2. The molecule has 0 radical (unpaired) electrons. The van der Waals surface area contributed by atoms with Gasteiger partial charge in [-0.05, 0) is 371 Å². The van der Waals surface area contributed by atoms with E-state index in [1.807, 2.05) is 85.8 Å². The number of rotatable bonds is 60. The summed E-state index contributed by atoms with van der Waals surface area (Å²) in [5.74, 6) is 5.46. The molecule has 25 nitrogen and oxygen atoms in total. The molecule has 0 aromatic heterocycles. The van der Waals surface area contributed by atoms with Crippen molar-refractivity contribution in [3.8, 4) is 80.4 Å². The Labute approximate surface area is 824 Å². The first-order valence-electron chi connectivity index (χ1n) is 48.2. The molecular weight excluding hydrogens is 1780 g/mol. The van der Waals surface area contributed by atoms with Crippen molar-refractivity contribution in [3.05, 3.63) is 309 Å². The van der Waals surface area contributed by atoms with Crippen molar-refractivity contribution < 1.29 is 114 Å². The molecule has 0 unspecified atom stereocenters. The Morgan fingerprint density at radius 3 is 0.886 bits per heavy atom. The molecule has 10 rings (SSSR count). The highest BCUT2D eigenvalue weighted by Crippen LogP contribution is 2.39. The number of hydrogen-bond donors (Lipinski definition) is 0. The Morgan fingerprint density at radius 1 is 0.314 bits per heavy atom. The van der Waals surface area contributed by atoms with E-state index >= 15 is 0 Å². The summed E-state index contributed by atoms with van der Waals surface area (Å²) >= 11 is 0. The van der Waals surface area contributed by atoms with Crippen molar-refractivity contribution in [1.82, 2.24) is 0 Å². The van der Waals surface area contributed by atoms with Crippen molar-refractivity contribution in [2.45, 2.75) is 187 Å². The Bertz CT molecular complexity index is 5210. The van der Waals surface area contributed by atoms with Gasteiger partial charge in [-0.2, -0.15) is 5.26 Å².